The molecule has 0 aliphatic carbocycles. The molecular weight excluding hydrogens is 255 g/mol. The Morgan fingerprint density at radius 3 is 2.50 bits per heavy atom. The minimum Gasteiger partial charge on any atom is -0.326 e. The van der Waals surface area contributed by atoms with Crippen LogP contribution in [0, 0.1) is 11.7 Å². The standard InChI is InChI=1S/C12H17FN2O2S/c1-9-6-7-15(8-12(9)14)18(16,17)11-4-2-10(13)3-5-11/h2-5,9,12H,6-8,14H2,1H3. The summed E-state index contributed by atoms with van der Waals surface area (Å²) >= 11 is 0. The molecule has 0 bridgehead atoms. The lowest BCUT2D eigenvalue weighted by atomic mass is 9.96. The third kappa shape index (κ3) is 2.55. The van der Waals surface area contributed by atoms with Crippen LogP contribution < -0.4 is 5.73 Å². The van der Waals surface area contributed by atoms with Crippen molar-refractivity contribution in [2.24, 2.45) is 11.7 Å². The molecule has 100 valence electrons. The van der Waals surface area contributed by atoms with E-state index in [0.29, 0.717) is 19.0 Å². The molecule has 0 spiro atoms. The highest BCUT2D eigenvalue weighted by Gasteiger charge is 2.31. The van der Waals surface area contributed by atoms with Crippen molar-refractivity contribution in [2.45, 2.75) is 24.3 Å². The van der Waals surface area contributed by atoms with Crippen LogP contribution in [-0.4, -0.2) is 31.9 Å². The molecular formula is C12H17FN2O2S. The summed E-state index contributed by atoms with van der Waals surface area (Å²) in [6.45, 7) is 2.81. The van der Waals surface area contributed by atoms with Gasteiger partial charge in [-0.1, -0.05) is 6.92 Å². The summed E-state index contributed by atoms with van der Waals surface area (Å²) in [7, 11) is -3.55. The maximum absolute atomic E-state index is 12.8. The van der Waals surface area contributed by atoms with Gasteiger partial charge < -0.3 is 5.73 Å². The monoisotopic (exact) mass is 272 g/mol. The molecule has 0 aromatic heterocycles. The van der Waals surface area contributed by atoms with Gasteiger partial charge in [-0.3, -0.25) is 0 Å². The van der Waals surface area contributed by atoms with Crippen LogP contribution in [0.1, 0.15) is 13.3 Å². The normalized spacial score (nSPS) is 26.2. The first-order valence-electron chi connectivity index (χ1n) is 5.92. The molecule has 1 heterocycles. The average molecular weight is 272 g/mol. The number of nitrogens with two attached hydrogens (primary N) is 1. The summed E-state index contributed by atoms with van der Waals surface area (Å²) in [5.74, 6) is -0.123. The maximum Gasteiger partial charge on any atom is 0.243 e. The van der Waals surface area contributed by atoms with Gasteiger partial charge in [0.2, 0.25) is 10.0 Å². The minimum atomic E-state index is -3.55. The van der Waals surface area contributed by atoms with Crippen molar-refractivity contribution in [2.75, 3.05) is 13.1 Å². The minimum absolute atomic E-state index is 0.116. The largest absolute Gasteiger partial charge is 0.326 e. The number of benzene rings is 1. The molecule has 1 aliphatic heterocycles. The number of halogens is 1. The van der Waals surface area contributed by atoms with E-state index < -0.39 is 15.8 Å². The quantitative estimate of drug-likeness (QED) is 0.879. The molecule has 2 rings (SSSR count). The fraction of sp³-hybridized carbons (Fsp3) is 0.500. The SMILES string of the molecule is CC1CCN(S(=O)(=O)c2ccc(F)cc2)CC1N. The zero-order chi connectivity index (χ0) is 13.3. The van der Waals surface area contributed by atoms with Gasteiger partial charge in [-0.05, 0) is 36.6 Å². The van der Waals surface area contributed by atoms with E-state index in [1.165, 1.54) is 16.4 Å². The lowest BCUT2D eigenvalue weighted by molar-refractivity contribution is 0.253. The van der Waals surface area contributed by atoms with Gasteiger partial charge in [0.1, 0.15) is 5.82 Å². The van der Waals surface area contributed by atoms with Crippen LogP contribution in [0.3, 0.4) is 0 Å². The van der Waals surface area contributed by atoms with Gasteiger partial charge in [0.15, 0.2) is 0 Å². The zero-order valence-electron chi connectivity index (χ0n) is 10.2. The van der Waals surface area contributed by atoms with Crippen molar-refractivity contribution in [3.05, 3.63) is 30.1 Å². The Balaban J connectivity index is 2.24. The first kappa shape index (κ1) is 13.5. The van der Waals surface area contributed by atoms with E-state index in [1.807, 2.05) is 6.92 Å². The van der Waals surface area contributed by atoms with Gasteiger partial charge in [-0.25, -0.2) is 12.8 Å². The highest BCUT2D eigenvalue weighted by Crippen LogP contribution is 2.23. The fourth-order valence-corrected chi connectivity index (χ4v) is 3.53. The zero-order valence-corrected chi connectivity index (χ0v) is 11.0. The molecule has 0 amide bonds. The molecule has 18 heavy (non-hydrogen) atoms. The van der Waals surface area contributed by atoms with Crippen molar-refractivity contribution >= 4 is 10.0 Å². The Labute approximate surface area is 107 Å². The van der Waals surface area contributed by atoms with Crippen LogP contribution in [0.25, 0.3) is 0 Å². The Hall–Kier alpha value is -0.980. The van der Waals surface area contributed by atoms with E-state index in [1.54, 1.807) is 0 Å². The van der Waals surface area contributed by atoms with Crippen molar-refractivity contribution < 1.29 is 12.8 Å². The molecule has 1 aromatic rings. The average Bonchev–Trinajstić information content (AvgIpc) is 2.33. The molecule has 1 aliphatic rings. The third-order valence-electron chi connectivity index (χ3n) is 3.43. The first-order valence-corrected chi connectivity index (χ1v) is 7.36. The summed E-state index contributed by atoms with van der Waals surface area (Å²) in [6.07, 6.45) is 0.752. The van der Waals surface area contributed by atoms with Gasteiger partial charge in [0.05, 0.1) is 4.90 Å². The first-order chi connectivity index (χ1) is 8.41. The molecule has 2 atom stereocenters. The summed E-state index contributed by atoms with van der Waals surface area (Å²) in [6, 6.07) is 4.73. The summed E-state index contributed by atoms with van der Waals surface area (Å²) in [5, 5.41) is 0. The molecule has 1 saturated heterocycles. The van der Waals surface area contributed by atoms with Crippen LogP contribution in [0.4, 0.5) is 4.39 Å². The van der Waals surface area contributed by atoms with Crippen molar-refractivity contribution in [1.82, 2.24) is 4.31 Å². The van der Waals surface area contributed by atoms with E-state index in [0.717, 1.165) is 18.6 Å². The second kappa shape index (κ2) is 4.95. The van der Waals surface area contributed by atoms with Gasteiger partial charge >= 0.3 is 0 Å². The second-order valence-corrected chi connectivity index (χ2v) is 6.68. The molecule has 4 nitrogen and oxygen atoms in total. The van der Waals surface area contributed by atoms with Crippen LogP contribution in [0.15, 0.2) is 29.2 Å². The van der Waals surface area contributed by atoms with E-state index in [9.17, 15) is 12.8 Å². The van der Waals surface area contributed by atoms with Gasteiger partial charge in [-0.15, -0.1) is 0 Å². The smallest absolute Gasteiger partial charge is 0.243 e. The van der Waals surface area contributed by atoms with Crippen molar-refractivity contribution in [3.8, 4) is 0 Å². The van der Waals surface area contributed by atoms with Gasteiger partial charge in [-0.2, -0.15) is 4.31 Å². The number of nitrogens with zero attached hydrogens (tertiary/aromatic N) is 1. The lowest BCUT2D eigenvalue weighted by Crippen LogP contribution is -2.49. The summed E-state index contributed by atoms with van der Waals surface area (Å²) in [4.78, 5) is 0.116. The van der Waals surface area contributed by atoms with Crippen LogP contribution in [-0.2, 0) is 10.0 Å². The van der Waals surface area contributed by atoms with E-state index in [-0.39, 0.29) is 10.9 Å². The molecule has 1 aromatic carbocycles. The Kier molecular flexibility index (Phi) is 3.70. The highest BCUT2D eigenvalue weighted by atomic mass is 32.2. The molecule has 0 saturated carbocycles. The second-order valence-electron chi connectivity index (χ2n) is 4.75. The van der Waals surface area contributed by atoms with Crippen molar-refractivity contribution in [1.29, 1.82) is 0 Å². The Bertz CT molecular complexity index is 515. The lowest BCUT2D eigenvalue weighted by Gasteiger charge is -2.34. The molecule has 6 heteroatoms. The Morgan fingerprint density at radius 2 is 1.94 bits per heavy atom. The number of rotatable bonds is 2. The molecule has 2 N–H and O–H groups in total. The van der Waals surface area contributed by atoms with Crippen LogP contribution >= 0.6 is 0 Å². The van der Waals surface area contributed by atoms with Crippen molar-refractivity contribution in [3.63, 3.8) is 0 Å². The maximum atomic E-state index is 12.8. The Morgan fingerprint density at radius 1 is 1.33 bits per heavy atom. The van der Waals surface area contributed by atoms with E-state index in [2.05, 4.69) is 0 Å². The van der Waals surface area contributed by atoms with E-state index >= 15 is 0 Å². The number of hydrogen-bond acceptors (Lipinski definition) is 3. The number of hydrogen-bond donors (Lipinski definition) is 1. The molecule has 0 radical (unpaired) electrons. The number of piperidine rings is 1. The topological polar surface area (TPSA) is 63.4 Å². The van der Waals surface area contributed by atoms with Crippen LogP contribution in [0.2, 0.25) is 0 Å². The molecule has 2 unspecified atom stereocenters. The van der Waals surface area contributed by atoms with Gasteiger partial charge in [0.25, 0.3) is 0 Å². The predicted octanol–water partition coefficient (Wildman–Crippen LogP) is 1.18. The third-order valence-corrected chi connectivity index (χ3v) is 5.31. The number of sulfonamides is 1. The fourth-order valence-electron chi connectivity index (χ4n) is 2.04. The summed E-state index contributed by atoms with van der Waals surface area (Å²) in [5.41, 5.74) is 5.90. The predicted molar refractivity (Wildman–Crippen MR) is 66.9 cm³/mol. The highest BCUT2D eigenvalue weighted by molar-refractivity contribution is 7.89. The van der Waals surface area contributed by atoms with Crippen LogP contribution in [0.5, 0.6) is 0 Å². The van der Waals surface area contributed by atoms with E-state index in [4.69, 9.17) is 5.73 Å². The van der Waals surface area contributed by atoms with Gasteiger partial charge in [0, 0.05) is 19.1 Å². The summed E-state index contributed by atoms with van der Waals surface area (Å²) < 4.78 is 38.8. The molecule has 1 fully saturated rings.